The molecule has 0 radical (unpaired) electrons. The molecule has 1 aromatic heterocycles. The molecule has 3 heterocycles. The molecule has 1 amide bonds. The van der Waals surface area contributed by atoms with Gasteiger partial charge in [0.2, 0.25) is 0 Å². The lowest BCUT2D eigenvalue weighted by atomic mass is 10.0. The van der Waals surface area contributed by atoms with Gasteiger partial charge in [0.25, 0.3) is 5.91 Å². The van der Waals surface area contributed by atoms with Crippen LogP contribution in [0.15, 0.2) is 99.9 Å². The smallest absolute Gasteiger partial charge is 0.356 e. The van der Waals surface area contributed by atoms with Crippen molar-refractivity contribution in [1.29, 1.82) is 0 Å². The lowest BCUT2D eigenvalue weighted by molar-refractivity contribution is -0.149. The molecule has 0 N–H and O–H groups in total. The van der Waals surface area contributed by atoms with Crippen molar-refractivity contribution >= 4 is 50.4 Å². The maximum Gasteiger partial charge on any atom is 0.356 e. The molecule has 35 heavy (non-hydrogen) atoms. The standard InChI is InChI=1S/C26H19IN2O5S/c27-21-16-35(32,33)25-20(15-19-13-7-8-14-28-19)24(30)29(25)22(21)26(31)34-23(17-9-3-1-4-10-17)18-11-5-2-6-12-18/h1-15,23,25H,16H2/b20-15-/t25-/m1/s1. The molecule has 0 saturated carbocycles. The predicted octanol–water partition coefficient (Wildman–Crippen LogP) is 4.04. The van der Waals surface area contributed by atoms with E-state index in [9.17, 15) is 18.0 Å². The Labute approximate surface area is 216 Å². The number of carbonyl (C=O) groups is 2. The van der Waals surface area contributed by atoms with E-state index < -0.39 is 33.2 Å². The van der Waals surface area contributed by atoms with Crippen LogP contribution in [0.2, 0.25) is 0 Å². The van der Waals surface area contributed by atoms with E-state index in [0.717, 1.165) is 16.0 Å². The number of pyridine rings is 1. The number of amides is 1. The summed E-state index contributed by atoms with van der Waals surface area (Å²) in [5.74, 6) is -1.66. The molecule has 0 aliphatic carbocycles. The highest BCUT2D eigenvalue weighted by molar-refractivity contribution is 14.1. The van der Waals surface area contributed by atoms with Gasteiger partial charge in [-0.05, 0) is 51.9 Å². The minimum absolute atomic E-state index is 0.0366. The molecule has 5 rings (SSSR count). The Morgan fingerprint density at radius 3 is 2.17 bits per heavy atom. The maximum atomic E-state index is 13.5. The second-order valence-corrected chi connectivity index (χ2v) is 11.4. The van der Waals surface area contributed by atoms with Crippen molar-refractivity contribution in [3.8, 4) is 0 Å². The average molecular weight is 598 g/mol. The van der Waals surface area contributed by atoms with Crippen LogP contribution in [-0.2, 0) is 24.2 Å². The fraction of sp³-hybridized carbons (Fsp3) is 0.115. The number of hydrogen-bond acceptors (Lipinski definition) is 6. The molecular formula is C26H19IN2O5S. The lowest BCUT2D eigenvalue weighted by Crippen LogP contribution is -2.62. The van der Waals surface area contributed by atoms with E-state index in [0.29, 0.717) is 5.69 Å². The number of rotatable bonds is 5. The number of halogens is 1. The number of β-lactam (4-membered cyclic amide) rings is 1. The monoisotopic (exact) mass is 598 g/mol. The van der Waals surface area contributed by atoms with E-state index in [1.807, 2.05) is 83.3 Å². The minimum Gasteiger partial charge on any atom is -0.448 e. The number of ether oxygens (including phenoxy) is 1. The van der Waals surface area contributed by atoms with Gasteiger partial charge < -0.3 is 4.74 Å². The third kappa shape index (κ3) is 4.41. The third-order valence-corrected chi connectivity index (χ3v) is 8.99. The first-order chi connectivity index (χ1) is 16.9. The number of hydrogen-bond donors (Lipinski definition) is 0. The van der Waals surface area contributed by atoms with Crippen LogP contribution in [0.5, 0.6) is 0 Å². The highest BCUT2D eigenvalue weighted by Gasteiger charge is 2.56. The van der Waals surface area contributed by atoms with E-state index >= 15 is 0 Å². The van der Waals surface area contributed by atoms with Crippen LogP contribution in [0.4, 0.5) is 0 Å². The van der Waals surface area contributed by atoms with Crippen molar-refractivity contribution in [3.63, 3.8) is 0 Å². The molecule has 0 bridgehead atoms. The topological polar surface area (TPSA) is 93.6 Å². The molecule has 0 spiro atoms. The van der Waals surface area contributed by atoms with Crippen LogP contribution in [0, 0.1) is 0 Å². The molecular weight excluding hydrogens is 579 g/mol. The molecule has 1 atom stereocenters. The van der Waals surface area contributed by atoms with Crippen LogP contribution < -0.4 is 0 Å². The Hall–Kier alpha value is -3.31. The summed E-state index contributed by atoms with van der Waals surface area (Å²) in [5.41, 5.74) is 2.03. The van der Waals surface area contributed by atoms with Crippen LogP contribution >= 0.6 is 22.6 Å². The second-order valence-electron chi connectivity index (χ2n) is 8.05. The zero-order chi connectivity index (χ0) is 24.6. The maximum absolute atomic E-state index is 13.5. The van der Waals surface area contributed by atoms with Gasteiger partial charge in [-0.15, -0.1) is 0 Å². The zero-order valence-electron chi connectivity index (χ0n) is 18.2. The highest BCUT2D eigenvalue weighted by atomic mass is 127. The second kappa shape index (κ2) is 9.38. The molecule has 7 nitrogen and oxygen atoms in total. The van der Waals surface area contributed by atoms with Gasteiger partial charge in [-0.1, -0.05) is 66.7 Å². The normalized spacial score (nSPS) is 19.9. The van der Waals surface area contributed by atoms with Crippen LogP contribution in [0.25, 0.3) is 6.08 Å². The third-order valence-electron chi connectivity index (χ3n) is 5.75. The fourth-order valence-electron chi connectivity index (χ4n) is 4.16. The predicted molar refractivity (Wildman–Crippen MR) is 138 cm³/mol. The van der Waals surface area contributed by atoms with E-state index in [4.69, 9.17) is 4.74 Å². The summed E-state index contributed by atoms with van der Waals surface area (Å²) >= 11 is 1.81. The number of nitrogens with zero attached hydrogens (tertiary/aromatic N) is 2. The Morgan fingerprint density at radius 1 is 1.00 bits per heavy atom. The molecule has 1 saturated heterocycles. The molecule has 9 heteroatoms. The lowest BCUT2D eigenvalue weighted by Gasteiger charge is -2.45. The summed E-state index contributed by atoms with van der Waals surface area (Å²) in [6, 6.07) is 23.7. The number of carbonyl (C=O) groups excluding carboxylic acids is 2. The van der Waals surface area contributed by atoms with Gasteiger partial charge in [-0.25, -0.2) is 13.2 Å². The summed E-state index contributed by atoms with van der Waals surface area (Å²) in [4.78, 5) is 31.7. The Kier molecular flexibility index (Phi) is 6.28. The summed E-state index contributed by atoms with van der Waals surface area (Å²) < 4.78 is 32.2. The van der Waals surface area contributed by atoms with Gasteiger partial charge in [0.05, 0.1) is 17.0 Å². The summed E-state index contributed by atoms with van der Waals surface area (Å²) in [5, 5.41) is -1.25. The number of fused-ring (bicyclic) bond motifs is 1. The van der Waals surface area contributed by atoms with Crippen LogP contribution in [0.3, 0.4) is 0 Å². The molecule has 2 aliphatic rings. The molecule has 3 aromatic rings. The SMILES string of the molecule is O=C(OC(c1ccccc1)c1ccccc1)C1=C(I)CS(=O)(=O)[C@@H]2/C(=C\c3ccccn3)C(=O)N12. The fourth-order valence-corrected chi connectivity index (χ4v) is 7.67. The quantitative estimate of drug-likeness (QED) is 0.191. The van der Waals surface area contributed by atoms with Crippen molar-refractivity contribution in [1.82, 2.24) is 9.88 Å². The first-order valence-electron chi connectivity index (χ1n) is 10.7. The van der Waals surface area contributed by atoms with Gasteiger partial charge in [0.15, 0.2) is 21.3 Å². The van der Waals surface area contributed by atoms with E-state index in [1.54, 1.807) is 24.4 Å². The number of esters is 1. The van der Waals surface area contributed by atoms with Crippen molar-refractivity contribution < 1.29 is 22.7 Å². The summed E-state index contributed by atoms with van der Waals surface area (Å²) in [6.07, 6.45) is 2.29. The number of aromatic nitrogens is 1. The zero-order valence-corrected chi connectivity index (χ0v) is 21.2. The van der Waals surface area contributed by atoms with Crippen molar-refractivity contribution in [2.45, 2.75) is 11.5 Å². The first-order valence-corrected chi connectivity index (χ1v) is 13.5. The number of sulfone groups is 1. The molecule has 176 valence electrons. The minimum atomic E-state index is -3.74. The molecule has 2 aromatic carbocycles. The summed E-state index contributed by atoms with van der Waals surface area (Å²) in [7, 11) is -3.74. The van der Waals surface area contributed by atoms with Crippen molar-refractivity contribution in [2.24, 2.45) is 0 Å². The van der Waals surface area contributed by atoms with Gasteiger partial charge in [0.1, 0.15) is 5.70 Å². The van der Waals surface area contributed by atoms with E-state index in [1.165, 1.54) is 6.08 Å². The van der Waals surface area contributed by atoms with Gasteiger partial charge in [0, 0.05) is 9.78 Å². The van der Waals surface area contributed by atoms with E-state index in [2.05, 4.69) is 4.98 Å². The van der Waals surface area contributed by atoms with E-state index in [-0.39, 0.29) is 20.6 Å². The Balaban J connectivity index is 1.50. The van der Waals surface area contributed by atoms with Gasteiger partial charge in [-0.2, -0.15) is 0 Å². The summed E-state index contributed by atoms with van der Waals surface area (Å²) in [6.45, 7) is 0. The van der Waals surface area contributed by atoms with Gasteiger partial charge in [-0.3, -0.25) is 14.7 Å². The van der Waals surface area contributed by atoms with Crippen LogP contribution in [-0.4, -0.2) is 41.3 Å². The van der Waals surface area contributed by atoms with Gasteiger partial charge >= 0.3 is 5.97 Å². The van der Waals surface area contributed by atoms with Crippen LogP contribution in [0.1, 0.15) is 22.9 Å². The highest BCUT2D eigenvalue weighted by Crippen LogP contribution is 2.43. The Morgan fingerprint density at radius 2 is 1.60 bits per heavy atom. The number of benzene rings is 2. The van der Waals surface area contributed by atoms with Crippen molar-refractivity contribution in [3.05, 3.63) is 117 Å². The molecule has 2 aliphatic heterocycles. The van der Waals surface area contributed by atoms with Crippen molar-refractivity contribution in [2.75, 3.05) is 5.75 Å². The molecule has 0 unspecified atom stereocenters. The first kappa shape index (κ1) is 23.4. The Bertz CT molecular complexity index is 1420. The molecule has 1 fully saturated rings. The average Bonchev–Trinajstić information content (AvgIpc) is 2.86. The largest absolute Gasteiger partial charge is 0.448 e.